The van der Waals surface area contributed by atoms with E-state index in [9.17, 15) is 0 Å². The molecule has 0 bridgehead atoms. The molecule has 0 unspecified atom stereocenters. The molecule has 4 heteroatoms. The molecule has 0 aromatic carbocycles. The van der Waals surface area contributed by atoms with Crippen molar-refractivity contribution in [2.45, 2.75) is 52.3 Å². The van der Waals surface area contributed by atoms with Gasteiger partial charge in [-0.15, -0.1) is 0 Å². The van der Waals surface area contributed by atoms with Gasteiger partial charge in [0.2, 0.25) is 0 Å². The molecule has 1 fully saturated rings. The summed E-state index contributed by atoms with van der Waals surface area (Å²) in [6, 6.07) is 0. The van der Waals surface area contributed by atoms with E-state index in [4.69, 9.17) is 22.5 Å². The molecule has 0 radical (unpaired) electrons. The van der Waals surface area contributed by atoms with Crippen LogP contribution in [-0.4, -0.2) is 10.8 Å². The molecule has 1 aliphatic heterocycles. The van der Waals surface area contributed by atoms with Crippen LogP contribution in [0.15, 0.2) is 0 Å². The minimum Gasteiger partial charge on any atom is -0.0950 e. The summed E-state index contributed by atoms with van der Waals surface area (Å²) in [7, 11) is -0.782. The van der Waals surface area contributed by atoms with Crippen LogP contribution in [0.3, 0.4) is 0 Å². The van der Waals surface area contributed by atoms with Crippen LogP contribution in [0.5, 0.6) is 0 Å². The zero-order valence-electron chi connectivity index (χ0n) is 9.81. The van der Waals surface area contributed by atoms with Gasteiger partial charge in [-0.3, -0.25) is 0 Å². The smallest absolute Gasteiger partial charge is 0.0332 e. The van der Waals surface area contributed by atoms with E-state index in [0.29, 0.717) is 10.8 Å². The molecule has 1 aliphatic rings. The van der Waals surface area contributed by atoms with Gasteiger partial charge in [-0.2, -0.15) is 0 Å². The Bertz CT molecular complexity index is 185. The van der Waals surface area contributed by atoms with Crippen LogP contribution in [0.2, 0.25) is 0 Å². The highest BCUT2D eigenvalue weighted by atomic mass is 35.7. The van der Waals surface area contributed by atoms with Crippen molar-refractivity contribution in [1.29, 1.82) is 0 Å². The van der Waals surface area contributed by atoms with E-state index in [1.54, 1.807) is 0 Å². The minimum absolute atomic E-state index is 0.280. The van der Waals surface area contributed by atoms with E-state index in [1.165, 1.54) is 0 Å². The molecule has 0 amide bonds. The van der Waals surface area contributed by atoms with Crippen LogP contribution >= 0.6 is 37.0 Å². The van der Waals surface area contributed by atoms with Crippen molar-refractivity contribution in [2.75, 3.05) is 0 Å². The number of rotatable bonds is 0. The maximum atomic E-state index is 6.54. The first-order chi connectivity index (χ1) is 6.07. The molecule has 84 valence electrons. The lowest BCUT2D eigenvalue weighted by Gasteiger charge is -2.56. The van der Waals surface area contributed by atoms with Crippen molar-refractivity contribution >= 4 is 37.0 Å². The van der Waals surface area contributed by atoms with Gasteiger partial charge in [-0.1, -0.05) is 64.0 Å². The molecule has 0 atom stereocenters. The van der Waals surface area contributed by atoms with Crippen molar-refractivity contribution in [3.8, 4) is 0 Å². The monoisotopic (exact) mass is 272 g/mol. The van der Waals surface area contributed by atoms with Crippen molar-refractivity contribution in [2.24, 2.45) is 10.8 Å². The van der Waals surface area contributed by atoms with Crippen LogP contribution < -0.4 is 0 Å². The lowest BCUT2D eigenvalue weighted by atomic mass is 9.99. The molecule has 1 rings (SSSR count). The number of halogens is 2. The zero-order chi connectivity index (χ0) is 11.3. The van der Waals surface area contributed by atoms with Crippen LogP contribution in [0.4, 0.5) is 0 Å². The first-order valence-corrected chi connectivity index (χ1v) is 9.72. The summed E-state index contributed by atoms with van der Waals surface area (Å²) >= 11 is 13.1. The second-order valence-electron chi connectivity index (χ2n) is 6.17. The Hall–Kier alpha value is 1.44. The van der Waals surface area contributed by atoms with Crippen molar-refractivity contribution < 1.29 is 0 Å². The number of hydrogen-bond acceptors (Lipinski definition) is 0. The molecule has 0 saturated carbocycles. The summed E-state index contributed by atoms with van der Waals surface area (Å²) in [6.45, 7) is 13.5. The van der Waals surface area contributed by atoms with Gasteiger partial charge in [0.05, 0.1) is 0 Å². The molecule has 0 aliphatic carbocycles. The molecule has 14 heavy (non-hydrogen) atoms. The average Bonchev–Trinajstić information content (AvgIpc) is 1.78. The van der Waals surface area contributed by atoms with Gasteiger partial charge in [0.25, 0.3) is 0 Å². The van der Waals surface area contributed by atoms with E-state index >= 15 is 0 Å². The first-order valence-electron chi connectivity index (χ1n) is 4.95. The van der Waals surface area contributed by atoms with Crippen molar-refractivity contribution in [1.82, 2.24) is 0 Å². The summed E-state index contributed by atoms with van der Waals surface area (Å²) in [4.78, 5) is 0. The highest BCUT2D eigenvalue weighted by molar-refractivity contribution is 8.13. The topological polar surface area (TPSA) is 0 Å². The second-order valence-corrected chi connectivity index (χ2v) is 12.8. The van der Waals surface area contributed by atoms with E-state index in [0.717, 1.165) is 0 Å². The van der Waals surface area contributed by atoms with Gasteiger partial charge >= 0.3 is 0 Å². The highest BCUT2D eigenvalue weighted by Gasteiger charge is 2.57. The van der Waals surface area contributed by atoms with Crippen molar-refractivity contribution in [3.05, 3.63) is 0 Å². The fraction of sp³-hybridized carbons (Fsp3) is 1.00. The Balaban J connectivity index is 2.76. The Morgan fingerprint density at radius 2 is 0.929 bits per heavy atom. The fourth-order valence-corrected chi connectivity index (χ4v) is 15.4. The van der Waals surface area contributed by atoms with E-state index < -0.39 is 14.5 Å². The van der Waals surface area contributed by atoms with Crippen LogP contribution in [0, 0.1) is 10.8 Å². The third-order valence-electron chi connectivity index (χ3n) is 2.48. The second kappa shape index (κ2) is 4.03. The van der Waals surface area contributed by atoms with Crippen LogP contribution in [0.1, 0.15) is 41.5 Å². The lowest BCUT2D eigenvalue weighted by Crippen LogP contribution is -2.39. The van der Waals surface area contributed by atoms with E-state index in [-0.39, 0.29) is 10.8 Å². The highest BCUT2D eigenvalue weighted by Crippen LogP contribution is 2.90. The SMILES string of the molecule is CC(C)(C)C1P(Cl)C(C(C)(C)C)P1Cl. The van der Waals surface area contributed by atoms with Gasteiger partial charge in [0.1, 0.15) is 0 Å². The van der Waals surface area contributed by atoms with Gasteiger partial charge < -0.3 is 0 Å². The summed E-state index contributed by atoms with van der Waals surface area (Å²) in [5.41, 5.74) is 0.561. The quantitative estimate of drug-likeness (QED) is 0.473. The lowest BCUT2D eigenvalue weighted by molar-refractivity contribution is 0.411. The largest absolute Gasteiger partial charge is 0.0950 e. The molecule has 0 aromatic rings. The van der Waals surface area contributed by atoms with Crippen LogP contribution in [-0.2, 0) is 0 Å². The standard InChI is InChI=1S/C10H20Cl2P2/c1-9(2,3)7-13(11)8(14(7)12)10(4,5)6/h7-8H,1-6H3. The number of hydrogen-bond donors (Lipinski definition) is 0. The van der Waals surface area contributed by atoms with Gasteiger partial charge in [-0.05, 0) is 10.8 Å². The zero-order valence-corrected chi connectivity index (χ0v) is 13.1. The molecule has 0 aromatic heterocycles. The maximum absolute atomic E-state index is 6.54. The Morgan fingerprint density at radius 3 is 1.07 bits per heavy atom. The maximum Gasteiger partial charge on any atom is 0.0332 e. The third-order valence-corrected chi connectivity index (χ3v) is 14.4. The van der Waals surface area contributed by atoms with Gasteiger partial charge in [0, 0.05) is 25.3 Å². The summed E-state index contributed by atoms with van der Waals surface area (Å²) < 4.78 is 0. The Kier molecular flexibility index (Phi) is 3.89. The van der Waals surface area contributed by atoms with Gasteiger partial charge in [-0.25, -0.2) is 0 Å². The third kappa shape index (κ3) is 2.40. The molecular formula is C10H20Cl2P2. The Labute approximate surface area is 100 Å². The van der Waals surface area contributed by atoms with Crippen molar-refractivity contribution in [3.63, 3.8) is 0 Å². The Morgan fingerprint density at radius 1 is 0.714 bits per heavy atom. The average molecular weight is 273 g/mol. The molecule has 0 N–H and O–H groups in total. The molecule has 0 spiro atoms. The fourth-order valence-electron chi connectivity index (χ4n) is 1.89. The van der Waals surface area contributed by atoms with Crippen LogP contribution in [0.25, 0.3) is 0 Å². The van der Waals surface area contributed by atoms with Gasteiger partial charge in [0.15, 0.2) is 0 Å². The molecule has 1 saturated heterocycles. The first kappa shape index (κ1) is 13.5. The normalized spacial score (nSPS) is 39.4. The minimum atomic E-state index is -0.391. The van der Waals surface area contributed by atoms with E-state index in [1.807, 2.05) is 0 Å². The molecule has 1 heterocycles. The predicted octanol–water partition coefficient (Wildman–Crippen LogP) is 6.02. The summed E-state index contributed by atoms with van der Waals surface area (Å²) in [5.74, 6) is 0. The van der Waals surface area contributed by atoms with E-state index in [2.05, 4.69) is 41.5 Å². The summed E-state index contributed by atoms with van der Waals surface area (Å²) in [5, 5.41) is 1.14. The summed E-state index contributed by atoms with van der Waals surface area (Å²) in [6.07, 6.45) is 0. The molecule has 0 nitrogen and oxygen atoms in total. The predicted molar refractivity (Wildman–Crippen MR) is 72.0 cm³/mol. The molecular weight excluding hydrogens is 253 g/mol.